The van der Waals surface area contributed by atoms with E-state index in [4.69, 9.17) is 9.47 Å². The Labute approximate surface area is 110 Å². The number of piperazine rings is 1. The molecule has 1 spiro atoms. The van der Waals surface area contributed by atoms with Crippen LogP contribution >= 0.6 is 0 Å². The van der Waals surface area contributed by atoms with E-state index >= 15 is 0 Å². The predicted molar refractivity (Wildman–Crippen MR) is 70.8 cm³/mol. The molecule has 18 heavy (non-hydrogen) atoms. The number of hydrogen-bond acceptors (Lipinski definition) is 4. The van der Waals surface area contributed by atoms with Crippen LogP contribution in [-0.2, 0) is 9.47 Å². The van der Waals surface area contributed by atoms with Gasteiger partial charge in [-0.15, -0.1) is 0 Å². The van der Waals surface area contributed by atoms with Gasteiger partial charge in [0.15, 0.2) is 0 Å². The lowest BCUT2D eigenvalue weighted by atomic mass is 9.80. The minimum atomic E-state index is 0.289. The Morgan fingerprint density at radius 3 is 2.83 bits per heavy atom. The van der Waals surface area contributed by atoms with Gasteiger partial charge in [0.2, 0.25) is 0 Å². The Bertz CT molecular complexity index is 255. The minimum Gasteiger partial charge on any atom is -0.376 e. The van der Waals surface area contributed by atoms with E-state index in [0.29, 0.717) is 5.54 Å². The third kappa shape index (κ3) is 3.05. The molecule has 0 aromatic carbocycles. The number of nitrogens with zero attached hydrogens (tertiary/aromatic N) is 1. The van der Waals surface area contributed by atoms with Gasteiger partial charge in [-0.3, -0.25) is 4.90 Å². The van der Waals surface area contributed by atoms with Crippen LogP contribution in [0.4, 0.5) is 0 Å². The summed E-state index contributed by atoms with van der Waals surface area (Å²) in [5, 5.41) is 3.79. The number of rotatable bonds is 2. The molecule has 0 aromatic heterocycles. The summed E-state index contributed by atoms with van der Waals surface area (Å²) in [5.74, 6) is 0. The number of hydrogen-bond donors (Lipinski definition) is 1. The topological polar surface area (TPSA) is 33.7 Å². The SMILES string of the molecule is C1CCC2(CC1)CN(CC1COCCO1)CCN2. The molecule has 4 heteroatoms. The molecule has 2 saturated heterocycles. The van der Waals surface area contributed by atoms with Gasteiger partial charge in [-0.25, -0.2) is 0 Å². The molecule has 3 aliphatic rings. The van der Waals surface area contributed by atoms with Gasteiger partial charge in [0.25, 0.3) is 0 Å². The zero-order chi connectivity index (χ0) is 12.3. The lowest BCUT2D eigenvalue weighted by Crippen LogP contribution is -2.62. The maximum Gasteiger partial charge on any atom is 0.0936 e. The third-order valence-electron chi connectivity index (χ3n) is 4.61. The van der Waals surface area contributed by atoms with Crippen LogP contribution in [0.2, 0.25) is 0 Å². The lowest BCUT2D eigenvalue weighted by Gasteiger charge is -2.47. The van der Waals surface area contributed by atoms with Gasteiger partial charge in [0.05, 0.1) is 25.9 Å². The Morgan fingerprint density at radius 1 is 1.17 bits per heavy atom. The molecule has 104 valence electrons. The van der Waals surface area contributed by atoms with Crippen molar-refractivity contribution in [2.45, 2.75) is 43.7 Å². The Balaban J connectivity index is 1.52. The van der Waals surface area contributed by atoms with E-state index in [1.54, 1.807) is 0 Å². The molecule has 4 nitrogen and oxygen atoms in total. The summed E-state index contributed by atoms with van der Waals surface area (Å²) < 4.78 is 11.3. The molecule has 0 bridgehead atoms. The Kier molecular flexibility index (Phi) is 4.19. The Morgan fingerprint density at radius 2 is 2.06 bits per heavy atom. The summed E-state index contributed by atoms with van der Waals surface area (Å²) in [6.45, 7) is 6.84. The number of ether oxygens (including phenoxy) is 2. The van der Waals surface area contributed by atoms with Crippen molar-refractivity contribution < 1.29 is 9.47 Å². The first-order chi connectivity index (χ1) is 8.86. The second-order valence-electron chi connectivity index (χ2n) is 6.07. The van der Waals surface area contributed by atoms with Gasteiger partial charge in [-0.05, 0) is 12.8 Å². The fourth-order valence-electron chi connectivity index (χ4n) is 3.69. The molecule has 2 heterocycles. The van der Waals surface area contributed by atoms with E-state index in [1.165, 1.54) is 38.6 Å². The molecule has 3 rings (SSSR count). The molecule has 0 aromatic rings. The monoisotopic (exact) mass is 254 g/mol. The van der Waals surface area contributed by atoms with Crippen LogP contribution in [0.5, 0.6) is 0 Å². The standard InChI is InChI=1S/C14H26N2O2/c1-2-4-14(5-3-1)12-16(7-6-15-14)10-13-11-17-8-9-18-13/h13,15H,1-12H2. The van der Waals surface area contributed by atoms with Gasteiger partial charge in [0.1, 0.15) is 0 Å². The predicted octanol–water partition coefficient (Wildman–Crippen LogP) is 1.01. The molecular weight excluding hydrogens is 228 g/mol. The molecule has 1 atom stereocenters. The van der Waals surface area contributed by atoms with E-state index in [1.807, 2.05) is 0 Å². The highest BCUT2D eigenvalue weighted by Crippen LogP contribution is 2.30. The average Bonchev–Trinajstić information content (AvgIpc) is 2.41. The first-order valence-corrected chi connectivity index (χ1v) is 7.53. The van der Waals surface area contributed by atoms with Crippen molar-refractivity contribution >= 4 is 0 Å². The van der Waals surface area contributed by atoms with Gasteiger partial charge >= 0.3 is 0 Å². The average molecular weight is 254 g/mol. The summed E-state index contributed by atoms with van der Waals surface area (Å²) in [4.78, 5) is 2.58. The molecule has 3 fully saturated rings. The van der Waals surface area contributed by atoms with Crippen molar-refractivity contribution in [1.29, 1.82) is 0 Å². The van der Waals surface area contributed by atoms with E-state index < -0.39 is 0 Å². The molecule has 0 amide bonds. The van der Waals surface area contributed by atoms with Crippen molar-refractivity contribution in [1.82, 2.24) is 10.2 Å². The zero-order valence-corrected chi connectivity index (χ0v) is 11.3. The largest absolute Gasteiger partial charge is 0.376 e. The lowest BCUT2D eigenvalue weighted by molar-refractivity contribution is -0.101. The first kappa shape index (κ1) is 12.9. The quantitative estimate of drug-likeness (QED) is 0.797. The van der Waals surface area contributed by atoms with Crippen LogP contribution in [0.15, 0.2) is 0 Å². The maximum atomic E-state index is 5.77. The van der Waals surface area contributed by atoms with Crippen molar-refractivity contribution in [2.24, 2.45) is 0 Å². The van der Waals surface area contributed by atoms with Gasteiger partial charge in [-0.1, -0.05) is 19.3 Å². The maximum absolute atomic E-state index is 5.77. The summed E-state index contributed by atoms with van der Waals surface area (Å²) >= 11 is 0. The second kappa shape index (κ2) is 5.87. The van der Waals surface area contributed by atoms with E-state index in [9.17, 15) is 0 Å². The van der Waals surface area contributed by atoms with Gasteiger partial charge < -0.3 is 14.8 Å². The fourth-order valence-corrected chi connectivity index (χ4v) is 3.69. The summed E-state index contributed by atoms with van der Waals surface area (Å²) in [6.07, 6.45) is 7.20. The molecular formula is C14H26N2O2. The van der Waals surface area contributed by atoms with E-state index in [0.717, 1.165) is 39.5 Å². The zero-order valence-electron chi connectivity index (χ0n) is 11.3. The van der Waals surface area contributed by atoms with Crippen LogP contribution in [-0.4, -0.2) is 62.5 Å². The number of nitrogens with one attached hydrogen (secondary N) is 1. The molecule has 2 aliphatic heterocycles. The molecule has 1 N–H and O–H groups in total. The van der Waals surface area contributed by atoms with Crippen molar-refractivity contribution in [2.75, 3.05) is 46.0 Å². The van der Waals surface area contributed by atoms with Crippen LogP contribution in [0.25, 0.3) is 0 Å². The normalized spacial score (nSPS) is 33.7. The van der Waals surface area contributed by atoms with Gasteiger partial charge in [0, 0.05) is 31.7 Å². The third-order valence-corrected chi connectivity index (χ3v) is 4.61. The van der Waals surface area contributed by atoms with Crippen molar-refractivity contribution in [3.63, 3.8) is 0 Å². The molecule has 1 saturated carbocycles. The van der Waals surface area contributed by atoms with Crippen LogP contribution < -0.4 is 5.32 Å². The molecule has 1 unspecified atom stereocenters. The summed E-state index contributed by atoms with van der Waals surface area (Å²) in [6, 6.07) is 0. The summed E-state index contributed by atoms with van der Waals surface area (Å²) in [5.41, 5.74) is 0.409. The summed E-state index contributed by atoms with van der Waals surface area (Å²) in [7, 11) is 0. The van der Waals surface area contributed by atoms with Crippen LogP contribution in [0.3, 0.4) is 0 Å². The van der Waals surface area contributed by atoms with E-state index in [2.05, 4.69) is 10.2 Å². The highest BCUT2D eigenvalue weighted by molar-refractivity contribution is 4.97. The second-order valence-corrected chi connectivity index (χ2v) is 6.07. The highest BCUT2D eigenvalue weighted by Gasteiger charge is 2.36. The Hall–Kier alpha value is -0.160. The highest BCUT2D eigenvalue weighted by atomic mass is 16.6. The first-order valence-electron chi connectivity index (χ1n) is 7.53. The van der Waals surface area contributed by atoms with Crippen molar-refractivity contribution in [3.8, 4) is 0 Å². The smallest absolute Gasteiger partial charge is 0.0936 e. The molecule has 0 radical (unpaired) electrons. The van der Waals surface area contributed by atoms with Crippen LogP contribution in [0, 0.1) is 0 Å². The van der Waals surface area contributed by atoms with E-state index in [-0.39, 0.29) is 6.10 Å². The fraction of sp³-hybridized carbons (Fsp3) is 1.00. The van der Waals surface area contributed by atoms with Gasteiger partial charge in [-0.2, -0.15) is 0 Å². The van der Waals surface area contributed by atoms with Crippen LogP contribution in [0.1, 0.15) is 32.1 Å². The molecule has 1 aliphatic carbocycles. The van der Waals surface area contributed by atoms with Crippen molar-refractivity contribution in [3.05, 3.63) is 0 Å². The minimum absolute atomic E-state index is 0.289.